The lowest BCUT2D eigenvalue weighted by Gasteiger charge is -2.27. The summed E-state index contributed by atoms with van der Waals surface area (Å²) < 4.78 is 8.43. The zero-order valence-corrected chi connectivity index (χ0v) is 8.59. The second-order valence-electron chi connectivity index (χ2n) is 3.20. The molecule has 2 rings (SSSR count). The predicted octanol–water partition coefficient (Wildman–Crippen LogP) is 0.0308. The first kappa shape index (κ1) is 9.95. The number of amides is 2. The van der Waals surface area contributed by atoms with Crippen LogP contribution in [0.5, 0.6) is 0 Å². The molecule has 0 bridgehead atoms. The van der Waals surface area contributed by atoms with Crippen LogP contribution in [0.1, 0.15) is 12.8 Å². The molecular formula is C8H12N2O3S. The number of morpholine rings is 1. The van der Waals surface area contributed by atoms with E-state index >= 15 is 0 Å². The highest BCUT2D eigenvalue weighted by atomic mass is 32.2. The molecule has 14 heavy (non-hydrogen) atoms. The fourth-order valence-electron chi connectivity index (χ4n) is 1.39. The van der Waals surface area contributed by atoms with Crippen LogP contribution < -0.4 is 0 Å². The van der Waals surface area contributed by atoms with Crippen molar-refractivity contribution >= 4 is 23.9 Å². The van der Waals surface area contributed by atoms with Crippen LogP contribution in [0.15, 0.2) is 0 Å². The molecule has 2 aliphatic heterocycles. The fraction of sp³-hybridized carbons (Fsp3) is 0.750. The topological polar surface area (TPSA) is 49.9 Å². The van der Waals surface area contributed by atoms with Crippen molar-refractivity contribution in [2.45, 2.75) is 12.8 Å². The van der Waals surface area contributed by atoms with Gasteiger partial charge in [0.15, 0.2) is 0 Å². The molecule has 2 amide bonds. The molecule has 2 aliphatic rings. The summed E-state index contributed by atoms with van der Waals surface area (Å²) in [6.07, 6.45) is 0.715. The first-order valence-electron chi connectivity index (χ1n) is 4.64. The van der Waals surface area contributed by atoms with Gasteiger partial charge in [0.25, 0.3) is 0 Å². The number of carbonyl (C=O) groups excluding carboxylic acids is 2. The van der Waals surface area contributed by atoms with Crippen molar-refractivity contribution in [1.29, 1.82) is 0 Å². The maximum atomic E-state index is 11.3. The number of hydrogen-bond acceptors (Lipinski definition) is 5. The summed E-state index contributed by atoms with van der Waals surface area (Å²) in [4.78, 5) is 22.6. The van der Waals surface area contributed by atoms with Crippen molar-refractivity contribution < 1.29 is 14.3 Å². The summed E-state index contributed by atoms with van der Waals surface area (Å²) in [6.45, 7) is 2.87. The van der Waals surface area contributed by atoms with Gasteiger partial charge in [0.05, 0.1) is 25.3 Å². The number of carbonyl (C=O) groups is 2. The van der Waals surface area contributed by atoms with Crippen LogP contribution in [0.2, 0.25) is 0 Å². The van der Waals surface area contributed by atoms with Gasteiger partial charge in [-0.1, -0.05) is 0 Å². The van der Waals surface area contributed by atoms with Crippen LogP contribution in [0.3, 0.4) is 0 Å². The van der Waals surface area contributed by atoms with Gasteiger partial charge in [-0.25, -0.2) is 8.61 Å². The Balaban J connectivity index is 1.89. The van der Waals surface area contributed by atoms with Gasteiger partial charge >= 0.3 is 0 Å². The summed E-state index contributed by atoms with van der Waals surface area (Å²) >= 11 is 1.23. The molecule has 5 nitrogen and oxygen atoms in total. The number of imide groups is 1. The van der Waals surface area contributed by atoms with E-state index in [0.29, 0.717) is 26.1 Å². The largest absolute Gasteiger partial charge is 0.379 e. The van der Waals surface area contributed by atoms with Gasteiger partial charge in [0.2, 0.25) is 11.8 Å². The Hall–Kier alpha value is -0.590. The summed E-state index contributed by atoms with van der Waals surface area (Å²) in [6, 6.07) is 0. The third kappa shape index (κ3) is 2.08. The van der Waals surface area contributed by atoms with Crippen LogP contribution in [-0.2, 0) is 14.3 Å². The van der Waals surface area contributed by atoms with Gasteiger partial charge in [-0.3, -0.25) is 9.59 Å². The first-order valence-corrected chi connectivity index (χ1v) is 5.37. The maximum Gasteiger partial charge on any atom is 0.240 e. The van der Waals surface area contributed by atoms with Gasteiger partial charge in [0.1, 0.15) is 0 Å². The number of nitrogens with zero attached hydrogens (tertiary/aromatic N) is 2. The van der Waals surface area contributed by atoms with Crippen molar-refractivity contribution in [2.24, 2.45) is 0 Å². The molecule has 0 atom stereocenters. The van der Waals surface area contributed by atoms with E-state index in [4.69, 9.17) is 4.74 Å². The molecule has 0 unspecified atom stereocenters. The first-order chi connectivity index (χ1) is 6.77. The van der Waals surface area contributed by atoms with Crippen LogP contribution in [0, 0.1) is 0 Å². The summed E-state index contributed by atoms with van der Waals surface area (Å²) in [5, 5.41) is 0. The van der Waals surface area contributed by atoms with E-state index in [1.807, 2.05) is 4.31 Å². The Bertz CT molecular complexity index is 237. The average molecular weight is 216 g/mol. The molecule has 0 aliphatic carbocycles. The third-order valence-electron chi connectivity index (χ3n) is 2.17. The summed E-state index contributed by atoms with van der Waals surface area (Å²) in [5.41, 5.74) is 0. The Morgan fingerprint density at radius 2 is 1.64 bits per heavy atom. The van der Waals surface area contributed by atoms with Gasteiger partial charge < -0.3 is 4.74 Å². The quantitative estimate of drug-likeness (QED) is 0.481. The van der Waals surface area contributed by atoms with Gasteiger partial charge in [-0.15, -0.1) is 0 Å². The molecule has 2 saturated heterocycles. The smallest absolute Gasteiger partial charge is 0.240 e. The number of hydrogen-bond donors (Lipinski definition) is 0. The standard InChI is InChI=1S/C8H12N2O3S/c11-7-1-2-8(12)10(7)14-9-3-5-13-6-4-9/h1-6H2. The van der Waals surface area contributed by atoms with E-state index in [1.165, 1.54) is 16.4 Å². The number of rotatable bonds is 2. The van der Waals surface area contributed by atoms with Crippen LogP contribution in [-0.4, -0.2) is 46.7 Å². The summed E-state index contributed by atoms with van der Waals surface area (Å²) in [7, 11) is 0. The van der Waals surface area contributed by atoms with E-state index in [9.17, 15) is 9.59 Å². The van der Waals surface area contributed by atoms with Crippen molar-refractivity contribution in [2.75, 3.05) is 26.3 Å². The lowest BCUT2D eigenvalue weighted by atomic mass is 10.4. The highest BCUT2D eigenvalue weighted by molar-refractivity contribution is 7.95. The van der Waals surface area contributed by atoms with Gasteiger partial charge in [-0.2, -0.15) is 0 Å². The van der Waals surface area contributed by atoms with E-state index < -0.39 is 0 Å². The molecule has 0 radical (unpaired) electrons. The Morgan fingerprint density at radius 1 is 1.07 bits per heavy atom. The second kappa shape index (κ2) is 4.29. The Morgan fingerprint density at radius 3 is 2.21 bits per heavy atom. The average Bonchev–Trinajstić information content (AvgIpc) is 2.51. The van der Waals surface area contributed by atoms with Crippen molar-refractivity contribution in [1.82, 2.24) is 8.61 Å². The van der Waals surface area contributed by atoms with Crippen LogP contribution in [0.25, 0.3) is 0 Å². The molecule has 0 spiro atoms. The van der Waals surface area contributed by atoms with E-state index in [1.54, 1.807) is 0 Å². The minimum Gasteiger partial charge on any atom is -0.379 e. The van der Waals surface area contributed by atoms with Crippen molar-refractivity contribution in [3.63, 3.8) is 0 Å². The summed E-state index contributed by atoms with van der Waals surface area (Å²) in [5.74, 6) is -0.155. The predicted molar refractivity (Wildman–Crippen MR) is 51.1 cm³/mol. The molecule has 0 saturated carbocycles. The Kier molecular flexibility index (Phi) is 3.05. The van der Waals surface area contributed by atoms with Crippen LogP contribution >= 0.6 is 12.1 Å². The van der Waals surface area contributed by atoms with Crippen LogP contribution in [0.4, 0.5) is 0 Å². The minimum absolute atomic E-state index is 0.0773. The van der Waals surface area contributed by atoms with Crippen molar-refractivity contribution in [3.05, 3.63) is 0 Å². The Labute approximate surface area is 86.6 Å². The fourth-order valence-corrected chi connectivity index (χ4v) is 2.30. The lowest BCUT2D eigenvalue weighted by Crippen LogP contribution is -2.36. The van der Waals surface area contributed by atoms with E-state index in [0.717, 1.165) is 13.1 Å². The molecule has 2 fully saturated rings. The zero-order valence-electron chi connectivity index (χ0n) is 7.77. The SMILES string of the molecule is O=C1CCC(=O)N1SN1CCOCC1. The highest BCUT2D eigenvalue weighted by Crippen LogP contribution is 2.24. The molecule has 0 N–H and O–H groups in total. The molecule has 6 heteroatoms. The molecule has 2 heterocycles. The monoisotopic (exact) mass is 216 g/mol. The molecule has 0 aromatic rings. The van der Waals surface area contributed by atoms with E-state index in [2.05, 4.69) is 0 Å². The minimum atomic E-state index is -0.0773. The van der Waals surface area contributed by atoms with Crippen molar-refractivity contribution in [3.8, 4) is 0 Å². The molecule has 78 valence electrons. The zero-order chi connectivity index (χ0) is 9.97. The van der Waals surface area contributed by atoms with Gasteiger partial charge in [0, 0.05) is 25.9 Å². The second-order valence-corrected chi connectivity index (χ2v) is 4.25. The van der Waals surface area contributed by atoms with Gasteiger partial charge in [-0.05, 0) is 0 Å². The molecule has 0 aromatic heterocycles. The lowest BCUT2D eigenvalue weighted by molar-refractivity contribution is -0.132. The molecular weight excluding hydrogens is 204 g/mol. The third-order valence-corrected chi connectivity index (χ3v) is 3.34. The maximum absolute atomic E-state index is 11.3. The normalized spacial score (nSPS) is 24.7. The number of ether oxygens (including phenoxy) is 1. The van der Waals surface area contributed by atoms with E-state index in [-0.39, 0.29) is 11.8 Å². The molecule has 0 aromatic carbocycles. The highest BCUT2D eigenvalue weighted by Gasteiger charge is 2.31.